The number of quaternary nitrogens is 1. The Balaban J connectivity index is 2.68. The molecule has 0 aromatic heterocycles. The van der Waals surface area contributed by atoms with Crippen molar-refractivity contribution in [3.8, 4) is 11.5 Å². The van der Waals surface area contributed by atoms with E-state index in [0.29, 0.717) is 12.8 Å². The monoisotopic (exact) mass is 253 g/mol. The van der Waals surface area contributed by atoms with Gasteiger partial charge in [-0.1, -0.05) is 6.07 Å². The van der Waals surface area contributed by atoms with Crippen molar-refractivity contribution in [2.45, 2.75) is 25.3 Å². The molecule has 5 nitrogen and oxygen atoms in total. The maximum atomic E-state index is 10.4. The second-order valence-electron chi connectivity index (χ2n) is 4.16. The molecule has 0 spiro atoms. The van der Waals surface area contributed by atoms with E-state index in [0.717, 1.165) is 17.1 Å². The topological polar surface area (TPSA) is 86.2 Å². The summed E-state index contributed by atoms with van der Waals surface area (Å²) in [5.74, 6) is 0.424. The molecule has 1 aromatic rings. The first-order valence-corrected chi connectivity index (χ1v) is 5.80. The molecule has 100 valence electrons. The Morgan fingerprint density at radius 3 is 2.67 bits per heavy atom. The van der Waals surface area contributed by atoms with Crippen LogP contribution in [0.2, 0.25) is 0 Å². The van der Waals surface area contributed by atoms with E-state index >= 15 is 0 Å². The first kappa shape index (κ1) is 14.3. The van der Waals surface area contributed by atoms with Crippen LogP contribution in [-0.2, 0) is 11.2 Å². The van der Waals surface area contributed by atoms with Gasteiger partial charge in [0.2, 0.25) is 0 Å². The van der Waals surface area contributed by atoms with Crippen molar-refractivity contribution in [3.63, 3.8) is 0 Å². The molecule has 0 saturated carbocycles. The van der Waals surface area contributed by atoms with Gasteiger partial charge in [-0.25, -0.2) is 0 Å². The first-order valence-electron chi connectivity index (χ1n) is 5.80. The molecule has 1 aromatic carbocycles. The van der Waals surface area contributed by atoms with E-state index in [1.54, 1.807) is 20.3 Å². The zero-order valence-electron chi connectivity index (χ0n) is 10.8. The summed E-state index contributed by atoms with van der Waals surface area (Å²) in [6.07, 6.45) is 1.20. The molecule has 1 rings (SSSR count). The lowest BCUT2D eigenvalue weighted by Crippen LogP contribution is -2.62. The van der Waals surface area contributed by atoms with Gasteiger partial charge in [-0.3, -0.25) is 0 Å². The number of ether oxygens (including phenoxy) is 2. The van der Waals surface area contributed by atoms with Crippen LogP contribution in [0.4, 0.5) is 0 Å². The standard InChI is InChI=1S/C13H19NO4/c1-17-11-5-3-9(12(8-11)18-2)7-10(14)4-6-13(15)16/h3,5,8,10H,4,6-7,14H2,1-2H3,(H,15,16)/t10-/m1/s1. The zero-order valence-corrected chi connectivity index (χ0v) is 10.8. The third-order valence-electron chi connectivity index (χ3n) is 2.76. The van der Waals surface area contributed by atoms with Gasteiger partial charge < -0.3 is 25.1 Å². The lowest BCUT2D eigenvalue weighted by atomic mass is 10.0. The van der Waals surface area contributed by atoms with Gasteiger partial charge in [0.1, 0.15) is 11.5 Å². The van der Waals surface area contributed by atoms with Crippen LogP contribution < -0.4 is 20.3 Å². The summed E-state index contributed by atoms with van der Waals surface area (Å²) in [4.78, 5) is 10.4. The predicted octanol–water partition coefficient (Wildman–Crippen LogP) is -0.613. The van der Waals surface area contributed by atoms with Crippen molar-refractivity contribution in [1.82, 2.24) is 0 Å². The van der Waals surface area contributed by atoms with Crippen LogP contribution in [0.1, 0.15) is 18.4 Å². The highest BCUT2D eigenvalue weighted by Gasteiger charge is 2.12. The van der Waals surface area contributed by atoms with Crippen molar-refractivity contribution in [2.24, 2.45) is 0 Å². The van der Waals surface area contributed by atoms with Crippen molar-refractivity contribution in [2.75, 3.05) is 14.2 Å². The Kier molecular flexibility index (Phi) is 5.45. The van der Waals surface area contributed by atoms with Crippen LogP contribution in [0.5, 0.6) is 11.5 Å². The first-order chi connectivity index (χ1) is 8.56. The molecule has 3 N–H and O–H groups in total. The van der Waals surface area contributed by atoms with E-state index < -0.39 is 5.97 Å². The summed E-state index contributed by atoms with van der Waals surface area (Å²) in [6, 6.07) is 5.59. The van der Waals surface area contributed by atoms with Gasteiger partial charge in [0.05, 0.1) is 20.3 Å². The highest BCUT2D eigenvalue weighted by atomic mass is 16.5. The zero-order chi connectivity index (χ0) is 13.5. The van der Waals surface area contributed by atoms with E-state index in [1.165, 1.54) is 0 Å². The number of carbonyl (C=O) groups is 1. The minimum absolute atomic E-state index is 0.0187. The summed E-state index contributed by atoms with van der Waals surface area (Å²) in [5.41, 5.74) is 4.94. The fourth-order valence-corrected chi connectivity index (χ4v) is 1.76. The molecular formula is C13H19NO4. The molecule has 0 aliphatic carbocycles. The number of carbonyl (C=O) groups excluding carboxylic acids is 1. The molecule has 1 atom stereocenters. The fourth-order valence-electron chi connectivity index (χ4n) is 1.76. The number of carboxylic acid groups (broad SMARTS) is 1. The van der Waals surface area contributed by atoms with Gasteiger partial charge in [-0.05, 0) is 12.5 Å². The normalized spacial score (nSPS) is 11.9. The molecule has 0 aliphatic heterocycles. The van der Waals surface area contributed by atoms with Crippen LogP contribution in [0.25, 0.3) is 0 Å². The number of benzene rings is 1. The quantitative estimate of drug-likeness (QED) is 0.702. The molecule has 0 unspecified atom stereocenters. The molecule has 0 saturated heterocycles. The van der Waals surface area contributed by atoms with Gasteiger partial charge in [0.25, 0.3) is 0 Å². The molecule has 0 fully saturated rings. The van der Waals surface area contributed by atoms with Gasteiger partial charge in [0, 0.05) is 30.4 Å². The summed E-state index contributed by atoms with van der Waals surface area (Å²) >= 11 is 0. The van der Waals surface area contributed by atoms with E-state index in [1.807, 2.05) is 12.1 Å². The van der Waals surface area contributed by atoms with Crippen molar-refractivity contribution < 1.29 is 25.1 Å². The Hall–Kier alpha value is -1.75. The molecule has 0 radical (unpaired) electrons. The highest BCUT2D eigenvalue weighted by molar-refractivity contribution is 5.64. The third-order valence-corrected chi connectivity index (χ3v) is 2.76. The third kappa shape index (κ3) is 4.25. The van der Waals surface area contributed by atoms with Crippen LogP contribution in [0, 0.1) is 0 Å². The minimum Gasteiger partial charge on any atom is -0.550 e. The number of aliphatic carboxylic acids is 1. The van der Waals surface area contributed by atoms with Crippen LogP contribution in [-0.4, -0.2) is 26.2 Å². The van der Waals surface area contributed by atoms with E-state index in [2.05, 4.69) is 5.73 Å². The van der Waals surface area contributed by atoms with Crippen LogP contribution in [0.15, 0.2) is 18.2 Å². The second kappa shape index (κ2) is 6.86. The smallest absolute Gasteiger partial charge is 0.125 e. The summed E-state index contributed by atoms with van der Waals surface area (Å²) in [6.45, 7) is 0. The van der Waals surface area contributed by atoms with Crippen molar-refractivity contribution in [1.29, 1.82) is 0 Å². The summed E-state index contributed by atoms with van der Waals surface area (Å²) in [5, 5.41) is 10.4. The SMILES string of the molecule is COc1ccc(C[C@H]([NH3+])CCC(=O)[O-])c(OC)c1. The number of rotatable bonds is 7. The van der Waals surface area contributed by atoms with Crippen LogP contribution in [0.3, 0.4) is 0 Å². The number of methoxy groups -OCH3 is 2. The van der Waals surface area contributed by atoms with Crippen molar-refractivity contribution >= 4 is 5.97 Å². The van der Waals surface area contributed by atoms with E-state index in [9.17, 15) is 9.90 Å². The lowest BCUT2D eigenvalue weighted by Gasteiger charge is -2.13. The maximum absolute atomic E-state index is 10.4. The fraction of sp³-hybridized carbons (Fsp3) is 0.462. The Morgan fingerprint density at radius 1 is 1.39 bits per heavy atom. The Morgan fingerprint density at radius 2 is 2.11 bits per heavy atom. The largest absolute Gasteiger partial charge is 0.550 e. The van der Waals surface area contributed by atoms with Gasteiger partial charge in [0.15, 0.2) is 0 Å². The number of hydrogen-bond donors (Lipinski definition) is 1. The minimum atomic E-state index is -1.04. The van der Waals surface area contributed by atoms with Gasteiger partial charge in [-0.2, -0.15) is 0 Å². The van der Waals surface area contributed by atoms with Gasteiger partial charge in [-0.15, -0.1) is 0 Å². The average Bonchev–Trinajstić information content (AvgIpc) is 2.36. The molecule has 0 heterocycles. The molecular weight excluding hydrogens is 234 g/mol. The molecule has 0 bridgehead atoms. The lowest BCUT2D eigenvalue weighted by molar-refractivity contribution is -0.421. The van der Waals surface area contributed by atoms with E-state index in [-0.39, 0.29) is 12.5 Å². The molecule has 5 heteroatoms. The summed E-state index contributed by atoms with van der Waals surface area (Å²) in [7, 11) is 3.19. The maximum Gasteiger partial charge on any atom is 0.125 e. The number of hydrogen-bond acceptors (Lipinski definition) is 4. The van der Waals surface area contributed by atoms with E-state index in [4.69, 9.17) is 9.47 Å². The van der Waals surface area contributed by atoms with Crippen LogP contribution >= 0.6 is 0 Å². The molecule has 0 aliphatic rings. The van der Waals surface area contributed by atoms with Gasteiger partial charge >= 0.3 is 0 Å². The molecule has 18 heavy (non-hydrogen) atoms. The Labute approximate surface area is 107 Å². The summed E-state index contributed by atoms with van der Waals surface area (Å²) < 4.78 is 10.4. The Bertz CT molecular complexity index is 406. The predicted molar refractivity (Wildman–Crippen MR) is 64.2 cm³/mol. The van der Waals surface area contributed by atoms with Crippen molar-refractivity contribution in [3.05, 3.63) is 23.8 Å². The highest BCUT2D eigenvalue weighted by Crippen LogP contribution is 2.25. The second-order valence-corrected chi connectivity index (χ2v) is 4.16. The molecule has 0 amide bonds. The average molecular weight is 253 g/mol. The number of carboxylic acids is 1.